The summed E-state index contributed by atoms with van der Waals surface area (Å²) in [5.74, 6) is 0. The molecule has 0 aromatic rings. The Labute approximate surface area is 62.7 Å². The van der Waals surface area contributed by atoms with Crippen LogP contribution in [0.15, 0.2) is 10.2 Å². The van der Waals surface area contributed by atoms with Gasteiger partial charge in [0.1, 0.15) is 0 Å². The smallest absolute Gasteiger partial charge is 0.0708 e. The van der Waals surface area contributed by atoms with Crippen molar-refractivity contribution in [3.8, 4) is 0 Å². The van der Waals surface area contributed by atoms with Crippen LogP contribution in [0, 0.1) is 0 Å². The second-order valence-corrected chi connectivity index (χ2v) is 2.86. The number of hydrogen-bond acceptors (Lipinski definition) is 2. The van der Waals surface area contributed by atoms with Crippen molar-refractivity contribution in [2.75, 3.05) is 6.54 Å². The fourth-order valence-electron chi connectivity index (χ4n) is 1.39. The maximum Gasteiger partial charge on any atom is 0.0708 e. The van der Waals surface area contributed by atoms with Gasteiger partial charge in [-0.05, 0) is 19.8 Å². The summed E-state index contributed by atoms with van der Waals surface area (Å²) >= 11 is 0. The summed E-state index contributed by atoms with van der Waals surface area (Å²) < 4.78 is 0. The summed E-state index contributed by atoms with van der Waals surface area (Å²) in [6.07, 6.45) is 6.64. The third-order valence-corrected chi connectivity index (χ3v) is 1.96. The van der Waals surface area contributed by atoms with E-state index in [1.165, 1.54) is 32.1 Å². The van der Waals surface area contributed by atoms with Crippen LogP contribution >= 0.6 is 0 Å². The molecule has 1 fully saturated rings. The molecule has 1 aliphatic rings. The maximum atomic E-state index is 4.23. The Kier molecular flexibility index (Phi) is 3.41. The molecule has 0 aromatic carbocycles. The van der Waals surface area contributed by atoms with Crippen molar-refractivity contribution in [2.45, 2.75) is 45.1 Å². The Bertz CT molecular complexity index is 104. The highest BCUT2D eigenvalue weighted by molar-refractivity contribution is 4.69. The van der Waals surface area contributed by atoms with Crippen LogP contribution in [-0.4, -0.2) is 12.6 Å². The van der Waals surface area contributed by atoms with Crippen molar-refractivity contribution in [2.24, 2.45) is 10.2 Å². The predicted octanol–water partition coefficient (Wildman–Crippen LogP) is 2.79. The molecular weight excluding hydrogens is 124 g/mol. The SMILES string of the molecule is CCN=NC1CCCCC1. The first-order valence-corrected chi connectivity index (χ1v) is 4.30. The number of azo groups is 1. The van der Waals surface area contributed by atoms with E-state index in [0.717, 1.165) is 6.54 Å². The Morgan fingerprint density at radius 2 is 1.90 bits per heavy atom. The zero-order valence-electron chi connectivity index (χ0n) is 6.71. The first-order valence-electron chi connectivity index (χ1n) is 4.30. The Balaban J connectivity index is 2.19. The van der Waals surface area contributed by atoms with Gasteiger partial charge in [0, 0.05) is 0 Å². The molecule has 1 saturated carbocycles. The fraction of sp³-hybridized carbons (Fsp3) is 1.00. The van der Waals surface area contributed by atoms with Crippen LogP contribution in [0.4, 0.5) is 0 Å². The van der Waals surface area contributed by atoms with E-state index in [0.29, 0.717) is 6.04 Å². The molecule has 2 nitrogen and oxygen atoms in total. The lowest BCUT2D eigenvalue weighted by Crippen LogP contribution is -2.08. The number of hydrogen-bond donors (Lipinski definition) is 0. The summed E-state index contributed by atoms with van der Waals surface area (Å²) in [4.78, 5) is 0. The summed E-state index contributed by atoms with van der Waals surface area (Å²) in [6, 6.07) is 0.564. The third-order valence-electron chi connectivity index (χ3n) is 1.96. The van der Waals surface area contributed by atoms with Gasteiger partial charge >= 0.3 is 0 Å². The highest BCUT2D eigenvalue weighted by atomic mass is 15.1. The molecular formula is C8H16N2. The fourth-order valence-corrected chi connectivity index (χ4v) is 1.39. The first-order chi connectivity index (χ1) is 4.93. The summed E-state index contributed by atoms with van der Waals surface area (Å²) in [6.45, 7) is 2.88. The third kappa shape index (κ3) is 2.46. The molecule has 0 bridgehead atoms. The van der Waals surface area contributed by atoms with Gasteiger partial charge in [-0.2, -0.15) is 10.2 Å². The van der Waals surface area contributed by atoms with Crippen LogP contribution in [0.3, 0.4) is 0 Å². The van der Waals surface area contributed by atoms with Crippen molar-refractivity contribution < 1.29 is 0 Å². The van der Waals surface area contributed by atoms with Crippen LogP contribution < -0.4 is 0 Å². The number of rotatable bonds is 2. The topological polar surface area (TPSA) is 24.7 Å². The minimum absolute atomic E-state index is 0.564. The quantitative estimate of drug-likeness (QED) is 0.527. The molecule has 0 amide bonds. The molecule has 0 N–H and O–H groups in total. The maximum absolute atomic E-state index is 4.23. The summed E-state index contributed by atoms with van der Waals surface area (Å²) in [5.41, 5.74) is 0. The lowest BCUT2D eigenvalue weighted by atomic mass is 9.96. The zero-order chi connectivity index (χ0) is 7.23. The highest BCUT2D eigenvalue weighted by Gasteiger charge is 2.10. The van der Waals surface area contributed by atoms with E-state index < -0.39 is 0 Å². The monoisotopic (exact) mass is 140 g/mol. The van der Waals surface area contributed by atoms with Crippen LogP contribution in [0.1, 0.15) is 39.0 Å². The molecule has 0 unspecified atom stereocenters. The molecule has 1 aliphatic carbocycles. The molecule has 0 atom stereocenters. The van der Waals surface area contributed by atoms with E-state index in [-0.39, 0.29) is 0 Å². The molecule has 10 heavy (non-hydrogen) atoms. The highest BCUT2D eigenvalue weighted by Crippen LogP contribution is 2.20. The van der Waals surface area contributed by atoms with Gasteiger partial charge in [-0.15, -0.1) is 0 Å². The van der Waals surface area contributed by atoms with Gasteiger partial charge < -0.3 is 0 Å². The standard InChI is InChI=1S/C8H16N2/c1-2-9-10-8-6-4-3-5-7-8/h8H,2-7H2,1H3. The lowest BCUT2D eigenvalue weighted by molar-refractivity contribution is 0.429. The van der Waals surface area contributed by atoms with E-state index in [1.54, 1.807) is 0 Å². The normalized spacial score (nSPS) is 22.1. The Morgan fingerprint density at radius 1 is 1.20 bits per heavy atom. The van der Waals surface area contributed by atoms with E-state index in [9.17, 15) is 0 Å². The molecule has 1 rings (SSSR count). The molecule has 0 aromatic heterocycles. The van der Waals surface area contributed by atoms with E-state index in [1.807, 2.05) is 6.92 Å². The van der Waals surface area contributed by atoms with Gasteiger partial charge in [-0.3, -0.25) is 0 Å². The van der Waals surface area contributed by atoms with Gasteiger partial charge in [0.15, 0.2) is 0 Å². The molecule has 2 heteroatoms. The molecule has 0 radical (unpaired) electrons. The average Bonchev–Trinajstić information content (AvgIpc) is 2.03. The Hall–Kier alpha value is -0.400. The minimum Gasteiger partial charge on any atom is -0.194 e. The van der Waals surface area contributed by atoms with Crippen molar-refractivity contribution in [1.29, 1.82) is 0 Å². The predicted molar refractivity (Wildman–Crippen MR) is 42.3 cm³/mol. The van der Waals surface area contributed by atoms with Crippen molar-refractivity contribution in [3.63, 3.8) is 0 Å². The van der Waals surface area contributed by atoms with Gasteiger partial charge in [0.2, 0.25) is 0 Å². The minimum atomic E-state index is 0.564. The number of nitrogens with zero attached hydrogens (tertiary/aromatic N) is 2. The van der Waals surface area contributed by atoms with Crippen molar-refractivity contribution >= 4 is 0 Å². The van der Waals surface area contributed by atoms with Crippen LogP contribution in [0.25, 0.3) is 0 Å². The van der Waals surface area contributed by atoms with Gasteiger partial charge in [0.05, 0.1) is 12.6 Å². The molecule has 0 spiro atoms. The van der Waals surface area contributed by atoms with E-state index in [2.05, 4.69) is 10.2 Å². The molecule has 58 valence electrons. The van der Waals surface area contributed by atoms with Crippen LogP contribution in [0.5, 0.6) is 0 Å². The average molecular weight is 140 g/mol. The molecule has 0 aliphatic heterocycles. The second kappa shape index (κ2) is 4.42. The summed E-state index contributed by atoms with van der Waals surface area (Å²) in [5, 5.41) is 8.25. The van der Waals surface area contributed by atoms with Crippen LogP contribution in [-0.2, 0) is 0 Å². The largest absolute Gasteiger partial charge is 0.194 e. The van der Waals surface area contributed by atoms with Gasteiger partial charge in [-0.1, -0.05) is 19.3 Å². The molecule has 0 saturated heterocycles. The van der Waals surface area contributed by atoms with Gasteiger partial charge in [0.25, 0.3) is 0 Å². The van der Waals surface area contributed by atoms with Crippen molar-refractivity contribution in [3.05, 3.63) is 0 Å². The zero-order valence-corrected chi connectivity index (χ0v) is 6.71. The second-order valence-electron chi connectivity index (χ2n) is 2.86. The Morgan fingerprint density at radius 3 is 2.50 bits per heavy atom. The van der Waals surface area contributed by atoms with Crippen molar-refractivity contribution in [1.82, 2.24) is 0 Å². The van der Waals surface area contributed by atoms with Gasteiger partial charge in [-0.25, -0.2) is 0 Å². The van der Waals surface area contributed by atoms with Crippen LogP contribution in [0.2, 0.25) is 0 Å². The van der Waals surface area contributed by atoms with E-state index >= 15 is 0 Å². The summed E-state index contributed by atoms with van der Waals surface area (Å²) in [7, 11) is 0. The lowest BCUT2D eigenvalue weighted by Gasteiger charge is -2.15. The molecule has 0 heterocycles. The first kappa shape index (κ1) is 7.70. The van der Waals surface area contributed by atoms with E-state index in [4.69, 9.17) is 0 Å².